The lowest BCUT2D eigenvalue weighted by atomic mass is 10.2. The fraction of sp³-hybridized carbons (Fsp3) is 0.600. The summed E-state index contributed by atoms with van der Waals surface area (Å²) in [6.07, 6.45) is 6.73. The summed E-state index contributed by atoms with van der Waals surface area (Å²) < 4.78 is 7.55. The predicted octanol–water partition coefficient (Wildman–Crippen LogP) is 1.11. The van der Waals surface area contributed by atoms with Gasteiger partial charge < -0.3 is 14.2 Å². The number of aryl methyl sites for hydroxylation is 1. The maximum absolute atomic E-state index is 12.7. The minimum absolute atomic E-state index is 0.0561. The van der Waals surface area contributed by atoms with E-state index in [-0.39, 0.29) is 18.1 Å². The van der Waals surface area contributed by atoms with Crippen LogP contribution in [0.2, 0.25) is 0 Å². The number of carbonyl (C=O) groups is 1. The SMILES string of the molecule is CCCc1nc([C@H]2CN(C(=O)[C@H](C)n3ccnc3)CCO2)n[nH]1. The van der Waals surface area contributed by atoms with Crippen LogP contribution in [0.15, 0.2) is 18.7 Å². The first-order chi connectivity index (χ1) is 11.2. The molecule has 1 N–H and O–H groups in total. The van der Waals surface area contributed by atoms with Crippen molar-refractivity contribution in [2.24, 2.45) is 0 Å². The van der Waals surface area contributed by atoms with Gasteiger partial charge in [-0.3, -0.25) is 9.89 Å². The molecule has 8 nitrogen and oxygen atoms in total. The summed E-state index contributed by atoms with van der Waals surface area (Å²) in [5, 5.41) is 7.17. The number of nitrogens with zero attached hydrogens (tertiary/aromatic N) is 5. The third kappa shape index (κ3) is 3.42. The molecule has 2 aromatic rings. The van der Waals surface area contributed by atoms with Crippen molar-refractivity contribution < 1.29 is 9.53 Å². The van der Waals surface area contributed by atoms with Crippen LogP contribution in [-0.4, -0.2) is 55.2 Å². The number of H-pyrrole nitrogens is 1. The highest BCUT2D eigenvalue weighted by molar-refractivity contribution is 5.80. The smallest absolute Gasteiger partial charge is 0.245 e. The Kier molecular flexibility index (Phi) is 4.71. The first-order valence-electron chi connectivity index (χ1n) is 7.98. The zero-order valence-electron chi connectivity index (χ0n) is 13.5. The number of aromatic amines is 1. The number of aromatic nitrogens is 5. The van der Waals surface area contributed by atoms with E-state index in [0.29, 0.717) is 25.5 Å². The average Bonchev–Trinajstić information content (AvgIpc) is 3.26. The molecule has 0 aliphatic carbocycles. The van der Waals surface area contributed by atoms with Gasteiger partial charge in [0.15, 0.2) is 5.82 Å². The van der Waals surface area contributed by atoms with Crippen molar-refractivity contribution >= 4 is 5.91 Å². The summed E-state index contributed by atoms with van der Waals surface area (Å²) >= 11 is 0. The maximum atomic E-state index is 12.7. The van der Waals surface area contributed by atoms with Crippen LogP contribution in [0.3, 0.4) is 0 Å². The molecule has 1 saturated heterocycles. The monoisotopic (exact) mass is 318 g/mol. The lowest BCUT2D eigenvalue weighted by Gasteiger charge is -2.33. The van der Waals surface area contributed by atoms with E-state index in [2.05, 4.69) is 27.1 Å². The molecule has 2 atom stereocenters. The highest BCUT2D eigenvalue weighted by Crippen LogP contribution is 2.21. The molecule has 1 aliphatic rings. The molecule has 8 heteroatoms. The third-order valence-electron chi connectivity index (χ3n) is 4.03. The van der Waals surface area contributed by atoms with Gasteiger partial charge in [-0.05, 0) is 13.3 Å². The molecule has 0 radical (unpaired) electrons. The molecular weight excluding hydrogens is 296 g/mol. The number of hydrogen-bond donors (Lipinski definition) is 1. The Hall–Kier alpha value is -2.22. The molecular formula is C15H22N6O2. The molecule has 3 heterocycles. The van der Waals surface area contributed by atoms with Crippen molar-refractivity contribution in [2.75, 3.05) is 19.7 Å². The van der Waals surface area contributed by atoms with Crippen molar-refractivity contribution in [2.45, 2.75) is 38.8 Å². The van der Waals surface area contributed by atoms with Gasteiger partial charge in [0, 0.05) is 25.4 Å². The first kappa shape index (κ1) is 15.7. The van der Waals surface area contributed by atoms with Gasteiger partial charge in [-0.2, -0.15) is 5.10 Å². The molecule has 1 aliphatic heterocycles. The van der Waals surface area contributed by atoms with Crippen molar-refractivity contribution in [3.05, 3.63) is 30.4 Å². The Morgan fingerprint density at radius 1 is 1.57 bits per heavy atom. The number of ether oxygens (including phenoxy) is 1. The third-order valence-corrected chi connectivity index (χ3v) is 4.03. The van der Waals surface area contributed by atoms with Crippen LogP contribution in [0, 0.1) is 0 Å². The Balaban J connectivity index is 1.66. The van der Waals surface area contributed by atoms with Crippen LogP contribution in [0.25, 0.3) is 0 Å². The topological polar surface area (TPSA) is 88.9 Å². The quantitative estimate of drug-likeness (QED) is 0.892. The maximum Gasteiger partial charge on any atom is 0.245 e. The normalized spacial score (nSPS) is 19.7. The Morgan fingerprint density at radius 3 is 3.17 bits per heavy atom. The lowest BCUT2D eigenvalue weighted by Crippen LogP contribution is -2.45. The number of imidazole rings is 1. The van der Waals surface area contributed by atoms with Crippen molar-refractivity contribution in [1.29, 1.82) is 0 Å². The van der Waals surface area contributed by atoms with Crippen LogP contribution in [-0.2, 0) is 16.0 Å². The fourth-order valence-corrected chi connectivity index (χ4v) is 2.70. The van der Waals surface area contributed by atoms with E-state index in [9.17, 15) is 4.79 Å². The zero-order valence-corrected chi connectivity index (χ0v) is 13.5. The second kappa shape index (κ2) is 6.91. The predicted molar refractivity (Wildman–Crippen MR) is 82.6 cm³/mol. The molecule has 1 fully saturated rings. The molecule has 0 aromatic carbocycles. The number of nitrogens with one attached hydrogen (secondary N) is 1. The second-order valence-electron chi connectivity index (χ2n) is 5.72. The van der Waals surface area contributed by atoms with E-state index in [1.54, 1.807) is 23.3 Å². The minimum Gasteiger partial charge on any atom is -0.366 e. The number of carbonyl (C=O) groups excluding carboxylic acids is 1. The van der Waals surface area contributed by atoms with E-state index in [4.69, 9.17) is 4.74 Å². The summed E-state index contributed by atoms with van der Waals surface area (Å²) in [6, 6.07) is -0.279. The fourth-order valence-electron chi connectivity index (χ4n) is 2.70. The highest BCUT2D eigenvalue weighted by Gasteiger charge is 2.30. The minimum atomic E-state index is -0.279. The van der Waals surface area contributed by atoms with Crippen LogP contribution >= 0.6 is 0 Å². The van der Waals surface area contributed by atoms with Gasteiger partial charge in [0.1, 0.15) is 18.0 Å². The Morgan fingerprint density at radius 2 is 2.43 bits per heavy atom. The molecule has 2 aromatic heterocycles. The standard InChI is InChI=1S/C15H22N6O2/c1-3-4-13-17-14(19-18-13)12-9-20(7-8-23-12)15(22)11(2)21-6-5-16-10-21/h5-6,10-12H,3-4,7-9H2,1-2H3,(H,17,18,19)/t11-,12+/m0/s1. The van der Waals surface area contributed by atoms with Gasteiger partial charge in [-0.25, -0.2) is 9.97 Å². The van der Waals surface area contributed by atoms with Gasteiger partial charge >= 0.3 is 0 Å². The number of morpholine rings is 1. The van der Waals surface area contributed by atoms with E-state index in [0.717, 1.165) is 18.7 Å². The summed E-state index contributed by atoms with van der Waals surface area (Å²) in [5.41, 5.74) is 0. The first-order valence-corrected chi connectivity index (χ1v) is 7.98. The van der Waals surface area contributed by atoms with E-state index in [1.807, 2.05) is 11.8 Å². The van der Waals surface area contributed by atoms with E-state index < -0.39 is 0 Å². The van der Waals surface area contributed by atoms with Gasteiger partial charge in [0.25, 0.3) is 0 Å². The summed E-state index contributed by atoms with van der Waals surface area (Å²) in [4.78, 5) is 22.9. The molecule has 0 spiro atoms. The summed E-state index contributed by atoms with van der Waals surface area (Å²) in [6.45, 7) is 5.52. The molecule has 3 rings (SSSR count). The van der Waals surface area contributed by atoms with Crippen LogP contribution in [0.5, 0.6) is 0 Å². The van der Waals surface area contributed by atoms with Gasteiger partial charge in [0.2, 0.25) is 5.91 Å². The van der Waals surface area contributed by atoms with Gasteiger partial charge in [-0.1, -0.05) is 6.92 Å². The van der Waals surface area contributed by atoms with Gasteiger partial charge in [0.05, 0.1) is 19.5 Å². The van der Waals surface area contributed by atoms with Crippen molar-refractivity contribution in [3.63, 3.8) is 0 Å². The molecule has 0 unspecified atom stereocenters. The summed E-state index contributed by atoms with van der Waals surface area (Å²) in [7, 11) is 0. The second-order valence-corrected chi connectivity index (χ2v) is 5.72. The van der Waals surface area contributed by atoms with Crippen molar-refractivity contribution in [1.82, 2.24) is 29.6 Å². The Labute approximate surface area is 134 Å². The molecule has 23 heavy (non-hydrogen) atoms. The summed E-state index contributed by atoms with van der Waals surface area (Å²) in [5.74, 6) is 1.54. The number of hydrogen-bond acceptors (Lipinski definition) is 5. The van der Waals surface area contributed by atoms with Crippen LogP contribution < -0.4 is 0 Å². The lowest BCUT2D eigenvalue weighted by molar-refractivity contribution is -0.142. The molecule has 0 bridgehead atoms. The molecule has 1 amide bonds. The van der Waals surface area contributed by atoms with Crippen LogP contribution in [0.1, 0.15) is 44.1 Å². The average molecular weight is 318 g/mol. The zero-order chi connectivity index (χ0) is 16.2. The Bertz CT molecular complexity index is 638. The van der Waals surface area contributed by atoms with Crippen LogP contribution in [0.4, 0.5) is 0 Å². The van der Waals surface area contributed by atoms with Crippen molar-refractivity contribution in [3.8, 4) is 0 Å². The largest absolute Gasteiger partial charge is 0.366 e. The van der Waals surface area contributed by atoms with Gasteiger partial charge in [-0.15, -0.1) is 0 Å². The molecule has 124 valence electrons. The number of rotatable bonds is 5. The number of amides is 1. The van der Waals surface area contributed by atoms with E-state index >= 15 is 0 Å². The van der Waals surface area contributed by atoms with E-state index in [1.165, 1.54) is 0 Å². The molecule has 0 saturated carbocycles. The highest BCUT2D eigenvalue weighted by atomic mass is 16.5.